The highest BCUT2D eigenvalue weighted by atomic mass is 32.2. The van der Waals surface area contributed by atoms with Crippen LogP contribution in [0.5, 0.6) is 0 Å². The maximum absolute atomic E-state index is 11.4. The zero-order valence-electron chi connectivity index (χ0n) is 10.2. The lowest BCUT2D eigenvalue weighted by molar-refractivity contribution is 0.0699. The Hall–Kier alpha value is -2.47. The number of carboxylic acids is 1. The third-order valence-electron chi connectivity index (χ3n) is 2.72. The minimum Gasteiger partial charge on any atom is -0.478 e. The summed E-state index contributed by atoms with van der Waals surface area (Å²) in [7, 11) is 0. The van der Waals surface area contributed by atoms with E-state index in [-0.39, 0.29) is 5.56 Å². The molecule has 20 heavy (non-hydrogen) atoms. The van der Waals surface area contributed by atoms with Crippen LogP contribution >= 0.6 is 11.8 Å². The van der Waals surface area contributed by atoms with E-state index in [1.54, 1.807) is 42.9 Å². The molecule has 0 radical (unpaired) electrons. The molecule has 6 heteroatoms. The molecule has 0 atom stereocenters. The molecule has 0 fully saturated rings. The Morgan fingerprint density at radius 1 is 1.00 bits per heavy atom. The minimum absolute atomic E-state index is 0.231. The largest absolute Gasteiger partial charge is 0.478 e. The minimum atomic E-state index is -0.973. The summed E-state index contributed by atoms with van der Waals surface area (Å²) in [6, 6.07) is 8.67. The predicted molar refractivity (Wildman–Crippen MR) is 74.9 cm³/mol. The molecule has 0 unspecified atom stereocenters. The fourth-order valence-corrected chi connectivity index (χ4v) is 2.72. The summed E-state index contributed by atoms with van der Waals surface area (Å²) in [6.07, 6.45) is 4.93. The Bertz CT molecular complexity index is 772. The van der Waals surface area contributed by atoms with Crippen molar-refractivity contribution in [3.8, 4) is 0 Å². The molecule has 0 amide bonds. The molecule has 0 saturated heterocycles. The first-order valence-corrected chi connectivity index (χ1v) is 6.63. The van der Waals surface area contributed by atoms with Crippen LogP contribution in [-0.2, 0) is 0 Å². The highest BCUT2D eigenvalue weighted by Crippen LogP contribution is 2.31. The normalized spacial score (nSPS) is 10.6. The summed E-state index contributed by atoms with van der Waals surface area (Å²) >= 11 is 1.25. The van der Waals surface area contributed by atoms with Crippen molar-refractivity contribution >= 4 is 28.5 Å². The van der Waals surface area contributed by atoms with E-state index in [1.165, 1.54) is 11.8 Å². The number of hydrogen-bond donors (Lipinski definition) is 1. The quantitative estimate of drug-likeness (QED) is 0.745. The van der Waals surface area contributed by atoms with Gasteiger partial charge in [0.25, 0.3) is 0 Å². The van der Waals surface area contributed by atoms with Gasteiger partial charge in [-0.2, -0.15) is 0 Å². The molecule has 0 bridgehead atoms. The van der Waals surface area contributed by atoms with E-state index >= 15 is 0 Å². The molecule has 1 N–H and O–H groups in total. The number of benzene rings is 1. The van der Waals surface area contributed by atoms with Crippen molar-refractivity contribution in [2.24, 2.45) is 0 Å². The van der Waals surface area contributed by atoms with Crippen LogP contribution < -0.4 is 0 Å². The molecular weight excluding hydrogens is 274 g/mol. The van der Waals surface area contributed by atoms with Gasteiger partial charge >= 0.3 is 5.97 Å². The van der Waals surface area contributed by atoms with Gasteiger partial charge < -0.3 is 5.11 Å². The smallest absolute Gasteiger partial charge is 0.336 e. The molecule has 3 rings (SSSR count). The first-order valence-electron chi connectivity index (χ1n) is 5.81. The number of hydrogen-bond acceptors (Lipinski definition) is 5. The highest BCUT2D eigenvalue weighted by molar-refractivity contribution is 7.99. The van der Waals surface area contributed by atoms with Gasteiger partial charge in [-0.25, -0.2) is 19.7 Å². The van der Waals surface area contributed by atoms with Crippen LogP contribution in [0.4, 0.5) is 0 Å². The van der Waals surface area contributed by atoms with Crippen molar-refractivity contribution < 1.29 is 9.90 Å². The van der Waals surface area contributed by atoms with Gasteiger partial charge in [0.05, 0.1) is 5.56 Å². The van der Waals surface area contributed by atoms with E-state index in [1.807, 2.05) is 6.07 Å². The van der Waals surface area contributed by atoms with Gasteiger partial charge in [-0.05, 0) is 35.3 Å². The topological polar surface area (TPSA) is 76.0 Å². The van der Waals surface area contributed by atoms with E-state index in [4.69, 9.17) is 0 Å². The Labute approximate surface area is 118 Å². The van der Waals surface area contributed by atoms with Crippen LogP contribution in [0.15, 0.2) is 59.1 Å². The van der Waals surface area contributed by atoms with Gasteiger partial charge in [0.15, 0.2) is 5.16 Å². The number of rotatable bonds is 3. The molecule has 0 aliphatic carbocycles. The number of fused-ring (bicyclic) bond motifs is 1. The molecule has 0 spiro atoms. The molecule has 0 aliphatic rings. The molecule has 5 nitrogen and oxygen atoms in total. The number of aromatic carboxylic acids is 1. The number of nitrogens with zero attached hydrogens (tertiary/aromatic N) is 3. The van der Waals surface area contributed by atoms with Gasteiger partial charge in [0.2, 0.25) is 0 Å². The summed E-state index contributed by atoms with van der Waals surface area (Å²) in [4.78, 5) is 23.9. The molecule has 2 heterocycles. The van der Waals surface area contributed by atoms with E-state index in [2.05, 4.69) is 15.0 Å². The lowest BCUT2D eigenvalue weighted by Crippen LogP contribution is -1.99. The zero-order valence-corrected chi connectivity index (χ0v) is 11.0. The zero-order chi connectivity index (χ0) is 13.9. The highest BCUT2D eigenvalue weighted by Gasteiger charge is 2.14. The van der Waals surface area contributed by atoms with E-state index in [0.717, 1.165) is 5.39 Å². The van der Waals surface area contributed by atoms with E-state index < -0.39 is 5.97 Å². The average molecular weight is 283 g/mol. The third kappa shape index (κ3) is 2.33. The summed E-state index contributed by atoms with van der Waals surface area (Å²) < 4.78 is 0. The van der Waals surface area contributed by atoms with Crippen molar-refractivity contribution in [2.45, 2.75) is 10.2 Å². The van der Waals surface area contributed by atoms with Gasteiger partial charge in [-0.1, -0.05) is 12.1 Å². The predicted octanol–water partition coefficient (Wildman–Crippen LogP) is 2.87. The average Bonchev–Trinajstić information content (AvgIpc) is 2.48. The second-order valence-corrected chi connectivity index (χ2v) is 4.91. The van der Waals surface area contributed by atoms with Crippen LogP contribution in [0.25, 0.3) is 10.8 Å². The van der Waals surface area contributed by atoms with Crippen LogP contribution in [0.2, 0.25) is 0 Å². The number of carbonyl (C=O) groups is 1. The molecule has 2 aromatic heterocycles. The second-order valence-electron chi connectivity index (χ2n) is 3.96. The lowest BCUT2D eigenvalue weighted by Gasteiger charge is -2.07. The van der Waals surface area contributed by atoms with E-state index in [0.29, 0.717) is 15.6 Å². The summed E-state index contributed by atoms with van der Waals surface area (Å²) in [5.41, 5.74) is 0.231. The van der Waals surface area contributed by atoms with Gasteiger partial charge in [-0.15, -0.1) is 0 Å². The summed E-state index contributed by atoms with van der Waals surface area (Å²) in [6.45, 7) is 0. The van der Waals surface area contributed by atoms with Crippen LogP contribution in [0.3, 0.4) is 0 Å². The summed E-state index contributed by atoms with van der Waals surface area (Å²) in [5, 5.41) is 11.9. The molecule has 0 saturated carbocycles. The van der Waals surface area contributed by atoms with Crippen LogP contribution in [0.1, 0.15) is 10.4 Å². The van der Waals surface area contributed by atoms with Crippen molar-refractivity contribution in [1.82, 2.24) is 15.0 Å². The molecule has 0 aliphatic heterocycles. The van der Waals surface area contributed by atoms with Crippen LogP contribution in [-0.4, -0.2) is 26.0 Å². The third-order valence-corrected chi connectivity index (χ3v) is 3.61. The Kier molecular flexibility index (Phi) is 3.30. The standard InChI is InChI=1S/C14H9N3O2S/c18-13(19)10-4-1-3-9-5-8-15-12(11(9)10)20-14-16-6-2-7-17-14/h1-8H,(H,18,19). The fraction of sp³-hybridized carbons (Fsp3) is 0. The number of aromatic nitrogens is 3. The molecule has 3 aromatic rings. The Morgan fingerprint density at radius 2 is 1.80 bits per heavy atom. The molecular formula is C14H9N3O2S. The number of pyridine rings is 1. The SMILES string of the molecule is O=C(O)c1cccc2ccnc(Sc3ncccn3)c12. The monoisotopic (exact) mass is 283 g/mol. The Balaban J connectivity index is 2.18. The first-order chi connectivity index (χ1) is 9.75. The van der Waals surface area contributed by atoms with Gasteiger partial charge in [0, 0.05) is 24.0 Å². The second kappa shape index (κ2) is 5.26. The van der Waals surface area contributed by atoms with Gasteiger partial charge in [0.1, 0.15) is 5.03 Å². The van der Waals surface area contributed by atoms with Crippen molar-refractivity contribution in [1.29, 1.82) is 0 Å². The molecule has 98 valence electrons. The maximum atomic E-state index is 11.4. The number of carboxylic acid groups (broad SMARTS) is 1. The fourth-order valence-electron chi connectivity index (χ4n) is 1.88. The van der Waals surface area contributed by atoms with Crippen molar-refractivity contribution in [3.05, 3.63) is 54.5 Å². The summed E-state index contributed by atoms with van der Waals surface area (Å²) in [5.74, 6) is -0.973. The molecule has 1 aromatic carbocycles. The van der Waals surface area contributed by atoms with Gasteiger partial charge in [-0.3, -0.25) is 0 Å². The van der Waals surface area contributed by atoms with Crippen molar-refractivity contribution in [2.75, 3.05) is 0 Å². The van der Waals surface area contributed by atoms with Crippen LogP contribution in [0, 0.1) is 0 Å². The van der Waals surface area contributed by atoms with Crippen molar-refractivity contribution in [3.63, 3.8) is 0 Å². The Morgan fingerprint density at radius 3 is 2.55 bits per heavy atom. The van der Waals surface area contributed by atoms with E-state index in [9.17, 15) is 9.90 Å². The first kappa shape index (κ1) is 12.6. The maximum Gasteiger partial charge on any atom is 0.336 e. The lowest BCUT2D eigenvalue weighted by atomic mass is 10.1.